The molecule has 1 saturated carbocycles. The van der Waals surface area contributed by atoms with Crippen LogP contribution in [0.1, 0.15) is 18.4 Å². The van der Waals surface area contributed by atoms with Crippen LogP contribution >= 0.6 is 0 Å². The monoisotopic (exact) mass is 352 g/mol. The van der Waals surface area contributed by atoms with E-state index in [4.69, 9.17) is 4.74 Å². The molecule has 0 unspecified atom stereocenters. The highest BCUT2D eigenvalue weighted by atomic mass is 16.5. The van der Waals surface area contributed by atoms with Gasteiger partial charge in [0.05, 0.1) is 30.3 Å². The van der Waals surface area contributed by atoms with Gasteiger partial charge in [-0.25, -0.2) is 4.79 Å². The minimum atomic E-state index is -0.385. The Bertz CT molecular complexity index is 831. The van der Waals surface area contributed by atoms with Crippen molar-refractivity contribution >= 4 is 29.3 Å². The maximum atomic E-state index is 13.0. The second-order valence-corrected chi connectivity index (χ2v) is 7.55. The molecule has 134 valence electrons. The van der Waals surface area contributed by atoms with Gasteiger partial charge in [-0.15, -0.1) is 0 Å². The number of ether oxygens (including phenoxy) is 1. The molecule has 6 nitrogen and oxygen atoms in total. The highest BCUT2D eigenvalue weighted by molar-refractivity contribution is 6.23. The Morgan fingerprint density at radius 2 is 1.81 bits per heavy atom. The van der Waals surface area contributed by atoms with Crippen molar-refractivity contribution in [2.45, 2.75) is 19.3 Å². The van der Waals surface area contributed by atoms with Crippen LogP contribution in [0, 0.1) is 23.7 Å². The number of fused-ring (bicyclic) bond motifs is 6. The normalized spacial score (nSPS) is 31.4. The van der Waals surface area contributed by atoms with Gasteiger partial charge in [-0.3, -0.25) is 19.4 Å². The Morgan fingerprint density at radius 3 is 2.46 bits per heavy atom. The smallest absolute Gasteiger partial charge is 0.414 e. The summed E-state index contributed by atoms with van der Waals surface area (Å²) in [7, 11) is 1.37. The number of benzene rings is 1. The number of carbonyl (C=O) groups excluding carboxylic acids is 3. The molecule has 2 bridgehead atoms. The summed E-state index contributed by atoms with van der Waals surface area (Å²) < 4.78 is 4.85. The quantitative estimate of drug-likeness (QED) is 0.575. The number of rotatable bonds is 1. The van der Waals surface area contributed by atoms with E-state index in [1.165, 1.54) is 12.0 Å². The molecule has 3 amide bonds. The van der Waals surface area contributed by atoms with Gasteiger partial charge in [0.2, 0.25) is 11.8 Å². The molecule has 0 N–H and O–H groups in total. The second kappa shape index (κ2) is 5.43. The van der Waals surface area contributed by atoms with Crippen LogP contribution in [-0.2, 0) is 20.7 Å². The first-order chi connectivity index (χ1) is 12.6. The molecule has 4 aliphatic rings. The molecular formula is C20H20N2O4. The summed E-state index contributed by atoms with van der Waals surface area (Å²) in [5.41, 5.74) is 2.39. The zero-order valence-corrected chi connectivity index (χ0v) is 14.6. The third kappa shape index (κ3) is 1.95. The number of imide groups is 1. The highest BCUT2D eigenvalue weighted by Crippen LogP contribution is 2.53. The fourth-order valence-electron chi connectivity index (χ4n) is 5.18. The summed E-state index contributed by atoms with van der Waals surface area (Å²) in [5, 5.41) is 0. The lowest BCUT2D eigenvalue weighted by Gasteiger charge is -2.29. The van der Waals surface area contributed by atoms with Gasteiger partial charge >= 0.3 is 6.09 Å². The van der Waals surface area contributed by atoms with Crippen molar-refractivity contribution in [2.24, 2.45) is 23.7 Å². The SMILES string of the molecule is COC(=O)N1CCCc2cc(N3C(=O)[C@H]4[C@H](C3=O)[C@H]3C=C[C@H]4C3)ccc21. The van der Waals surface area contributed by atoms with Crippen molar-refractivity contribution in [1.29, 1.82) is 0 Å². The molecule has 1 aromatic carbocycles. The predicted octanol–water partition coefficient (Wildman–Crippen LogP) is 2.52. The predicted molar refractivity (Wildman–Crippen MR) is 94.7 cm³/mol. The van der Waals surface area contributed by atoms with Crippen molar-refractivity contribution in [3.8, 4) is 0 Å². The average molecular weight is 352 g/mol. The Labute approximate surface area is 151 Å². The highest BCUT2D eigenvalue weighted by Gasteiger charge is 2.59. The number of aryl methyl sites for hydroxylation is 1. The molecule has 2 heterocycles. The van der Waals surface area contributed by atoms with Crippen LogP contribution in [0.2, 0.25) is 0 Å². The van der Waals surface area contributed by atoms with Gasteiger partial charge in [-0.1, -0.05) is 12.2 Å². The Balaban J connectivity index is 1.50. The summed E-state index contributed by atoms with van der Waals surface area (Å²) in [6, 6.07) is 5.48. The summed E-state index contributed by atoms with van der Waals surface area (Å²) in [5.74, 6) is -0.118. The number of nitrogens with zero attached hydrogens (tertiary/aromatic N) is 2. The van der Waals surface area contributed by atoms with Crippen molar-refractivity contribution in [1.82, 2.24) is 0 Å². The van der Waals surface area contributed by atoms with Crippen LogP contribution in [0.5, 0.6) is 0 Å². The third-order valence-electron chi connectivity index (χ3n) is 6.31. The van der Waals surface area contributed by atoms with E-state index < -0.39 is 0 Å². The zero-order valence-electron chi connectivity index (χ0n) is 14.6. The molecule has 26 heavy (non-hydrogen) atoms. The Kier molecular flexibility index (Phi) is 3.26. The molecule has 0 radical (unpaired) electrons. The third-order valence-corrected chi connectivity index (χ3v) is 6.31. The number of carbonyl (C=O) groups is 3. The number of methoxy groups -OCH3 is 1. The van der Waals surface area contributed by atoms with E-state index in [9.17, 15) is 14.4 Å². The average Bonchev–Trinajstić information content (AvgIpc) is 3.34. The minimum absolute atomic E-state index is 0.0718. The van der Waals surface area contributed by atoms with Gasteiger partial charge < -0.3 is 4.74 Å². The molecule has 1 saturated heterocycles. The van der Waals surface area contributed by atoms with E-state index in [1.54, 1.807) is 11.0 Å². The molecule has 1 aromatic rings. The van der Waals surface area contributed by atoms with Crippen molar-refractivity contribution in [2.75, 3.05) is 23.5 Å². The van der Waals surface area contributed by atoms with Crippen molar-refractivity contribution < 1.29 is 19.1 Å². The van der Waals surface area contributed by atoms with E-state index in [0.29, 0.717) is 12.2 Å². The topological polar surface area (TPSA) is 66.9 Å². The summed E-state index contributed by atoms with van der Waals surface area (Å²) in [6.45, 7) is 0.611. The number of amides is 3. The number of hydrogen-bond donors (Lipinski definition) is 0. The van der Waals surface area contributed by atoms with E-state index in [2.05, 4.69) is 12.2 Å². The first-order valence-corrected chi connectivity index (χ1v) is 9.14. The molecule has 6 heteroatoms. The van der Waals surface area contributed by atoms with E-state index in [1.807, 2.05) is 12.1 Å². The lowest BCUT2D eigenvalue weighted by molar-refractivity contribution is -0.123. The maximum absolute atomic E-state index is 13.0. The molecule has 2 aliphatic carbocycles. The summed E-state index contributed by atoms with van der Waals surface area (Å²) in [6.07, 6.45) is 6.38. The number of allylic oxidation sites excluding steroid dienone is 2. The Hall–Kier alpha value is -2.63. The standard InChI is InChI=1S/C20H20N2O4/c1-26-20(25)21-8-2-3-11-10-14(6-7-15(11)21)22-18(23)16-12-4-5-13(9-12)17(16)19(22)24/h4-7,10,12-13,16-17H,2-3,8-9H2,1H3/t12-,13-,16+,17+/m0/s1. The maximum Gasteiger partial charge on any atom is 0.414 e. The van der Waals surface area contributed by atoms with E-state index in [-0.39, 0.29) is 41.6 Å². The van der Waals surface area contributed by atoms with E-state index in [0.717, 1.165) is 30.5 Å². The van der Waals surface area contributed by atoms with Crippen molar-refractivity contribution in [3.05, 3.63) is 35.9 Å². The zero-order chi connectivity index (χ0) is 18.0. The molecule has 4 atom stereocenters. The fraction of sp³-hybridized carbons (Fsp3) is 0.450. The van der Waals surface area contributed by atoms with Gasteiger partial charge in [0, 0.05) is 6.54 Å². The van der Waals surface area contributed by atoms with Crippen LogP contribution in [-0.4, -0.2) is 31.6 Å². The van der Waals surface area contributed by atoms with Gasteiger partial charge in [0.25, 0.3) is 0 Å². The van der Waals surface area contributed by atoms with Gasteiger partial charge in [-0.05, 0) is 54.9 Å². The molecule has 2 fully saturated rings. The summed E-state index contributed by atoms with van der Waals surface area (Å²) in [4.78, 5) is 40.9. The van der Waals surface area contributed by atoms with Crippen LogP contribution in [0.15, 0.2) is 30.4 Å². The molecular weight excluding hydrogens is 332 g/mol. The second-order valence-electron chi connectivity index (χ2n) is 7.55. The van der Waals surface area contributed by atoms with Gasteiger partial charge in [-0.2, -0.15) is 0 Å². The Morgan fingerprint density at radius 1 is 1.12 bits per heavy atom. The van der Waals surface area contributed by atoms with Gasteiger partial charge in [0.1, 0.15) is 0 Å². The first-order valence-electron chi connectivity index (χ1n) is 9.14. The molecule has 0 spiro atoms. The lowest BCUT2D eigenvalue weighted by atomic mass is 9.85. The molecule has 0 aromatic heterocycles. The van der Waals surface area contributed by atoms with Gasteiger partial charge in [0.15, 0.2) is 0 Å². The minimum Gasteiger partial charge on any atom is -0.452 e. The van der Waals surface area contributed by atoms with Crippen LogP contribution in [0.3, 0.4) is 0 Å². The summed E-state index contributed by atoms with van der Waals surface area (Å²) >= 11 is 0. The molecule has 2 aliphatic heterocycles. The van der Waals surface area contributed by atoms with Crippen molar-refractivity contribution in [3.63, 3.8) is 0 Å². The van der Waals surface area contributed by atoms with Crippen LogP contribution in [0.4, 0.5) is 16.2 Å². The van der Waals surface area contributed by atoms with E-state index >= 15 is 0 Å². The fourth-order valence-corrected chi connectivity index (χ4v) is 5.18. The number of hydrogen-bond acceptors (Lipinski definition) is 4. The first kappa shape index (κ1) is 15.6. The van der Waals surface area contributed by atoms with Crippen LogP contribution < -0.4 is 9.80 Å². The lowest BCUT2D eigenvalue weighted by Crippen LogP contribution is -2.36. The molecule has 5 rings (SSSR count). The largest absolute Gasteiger partial charge is 0.452 e. The number of anilines is 2. The van der Waals surface area contributed by atoms with Crippen LogP contribution in [0.25, 0.3) is 0 Å².